The van der Waals surface area contributed by atoms with Crippen LogP contribution >= 0.6 is 0 Å². The molecule has 1 N–H and O–H groups in total. The lowest BCUT2D eigenvalue weighted by Crippen LogP contribution is -2.48. The highest BCUT2D eigenvalue weighted by molar-refractivity contribution is 6.04. The van der Waals surface area contributed by atoms with E-state index in [4.69, 9.17) is 4.74 Å². The number of anilines is 1. The van der Waals surface area contributed by atoms with Crippen LogP contribution in [0, 0.1) is 6.92 Å². The van der Waals surface area contributed by atoms with Crippen molar-refractivity contribution < 1.29 is 19.1 Å². The first-order valence-electron chi connectivity index (χ1n) is 12.2. The van der Waals surface area contributed by atoms with Crippen LogP contribution < -0.4 is 5.32 Å². The lowest BCUT2D eigenvalue weighted by atomic mass is 9.99. The topological polar surface area (TPSA) is 79.0 Å². The molecule has 0 aromatic heterocycles. The molecule has 1 saturated heterocycles. The standard InChI is InChI=1S/C29H31N3O4/c1-4-31(5-2)28(34)25-26(36-29(35)32(25)19-21-12-7-6-8-13-21)22-14-10-16-24(18-22)30-27(33)23-15-9-11-20(3)17-23/h6-18,25-26H,4-5,19H2,1-3H3,(H,30,33). The van der Waals surface area contributed by atoms with Gasteiger partial charge < -0.3 is 15.0 Å². The summed E-state index contributed by atoms with van der Waals surface area (Å²) in [7, 11) is 0. The van der Waals surface area contributed by atoms with Crippen molar-refractivity contribution in [2.45, 2.75) is 39.5 Å². The van der Waals surface area contributed by atoms with Crippen LogP contribution in [-0.4, -0.2) is 46.8 Å². The Morgan fingerprint density at radius 1 is 0.944 bits per heavy atom. The van der Waals surface area contributed by atoms with Gasteiger partial charge in [-0.2, -0.15) is 0 Å². The Balaban J connectivity index is 1.63. The molecule has 7 heteroatoms. The number of likely N-dealkylation sites (N-methyl/N-ethyl adjacent to an activating group) is 1. The number of nitrogens with one attached hydrogen (secondary N) is 1. The summed E-state index contributed by atoms with van der Waals surface area (Å²) in [6.45, 7) is 7.07. The van der Waals surface area contributed by atoms with Gasteiger partial charge in [-0.15, -0.1) is 0 Å². The quantitative estimate of drug-likeness (QED) is 0.477. The van der Waals surface area contributed by atoms with Crippen molar-refractivity contribution in [3.63, 3.8) is 0 Å². The van der Waals surface area contributed by atoms with E-state index in [1.807, 2.05) is 75.4 Å². The van der Waals surface area contributed by atoms with E-state index in [1.165, 1.54) is 4.90 Å². The molecule has 0 radical (unpaired) electrons. The zero-order valence-corrected chi connectivity index (χ0v) is 20.8. The molecule has 4 rings (SSSR count). The largest absolute Gasteiger partial charge is 0.438 e. The molecule has 1 fully saturated rings. The lowest BCUT2D eigenvalue weighted by molar-refractivity contribution is -0.136. The molecule has 2 unspecified atom stereocenters. The number of hydrogen-bond donors (Lipinski definition) is 1. The van der Waals surface area contributed by atoms with Crippen molar-refractivity contribution in [3.05, 3.63) is 101 Å². The number of rotatable bonds is 8. The smallest absolute Gasteiger partial charge is 0.411 e. The van der Waals surface area contributed by atoms with Crippen molar-refractivity contribution >= 4 is 23.6 Å². The van der Waals surface area contributed by atoms with Gasteiger partial charge in [0.1, 0.15) is 0 Å². The number of ether oxygens (including phenoxy) is 1. The van der Waals surface area contributed by atoms with Crippen molar-refractivity contribution in [3.8, 4) is 0 Å². The molecule has 186 valence electrons. The fourth-order valence-corrected chi connectivity index (χ4v) is 4.48. The third-order valence-electron chi connectivity index (χ3n) is 6.36. The molecule has 0 spiro atoms. The van der Waals surface area contributed by atoms with Crippen LogP contribution in [0.1, 0.15) is 47.0 Å². The summed E-state index contributed by atoms with van der Waals surface area (Å²) >= 11 is 0. The molecule has 3 amide bonds. The number of nitrogens with zero attached hydrogens (tertiary/aromatic N) is 2. The molecule has 0 bridgehead atoms. The summed E-state index contributed by atoms with van der Waals surface area (Å²) in [5.74, 6) is -0.401. The monoisotopic (exact) mass is 485 g/mol. The third kappa shape index (κ3) is 5.40. The zero-order valence-electron chi connectivity index (χ0n) is 20.8. The first-order valence-corrected chi connectivity index (χ1v) is 12.2. The normalized spacial score (nSPS) is 17.0. The number of carbonyl (C=O) groups excluding carboxylic acids is 3. The average molecular weight is 486 g/mol. The predicted molar refractivity (Wildman–Crippen MR) is 138 cm³/mol. The summed E-state index contributed by atoms with van der Waals surface area (Å²) < 4.78 is 5.79. The van der Waals surface area contributed by atoms with E-state index < -0.39 is 18.2 Å². The third-order valence-corrected chi connectivity index (χ3v) is 6.36. The van der Waals surface area contributed by atoms with Gasteiger partial charge >= 0.3 is 6.09 Å². The van der Waals surface area contributed by atoms with Crippen LogP contribution in [0.5, 0.6) is 0 Å². The van der Waals surface area contributed by atoms with Gasteiger partial charge in [0, 0.05) is 24.3 Å². The minimum atomic E-state index is -0.819. The minimum Gasteiger partial charge on any atom is -0.438 e. The average Bonchev–Trinajstić information content (AvgIpc) is 3.21. The maximum absolute atomic E-state index is 13.6. The number of carbonyl (C=O) groups is 3. The minimum absolute atomic E-state index is 0.166. The van der Waals surface area contributed by atoms with Crippen LogP contribution in [0.25, 0.3) is 0 Å². The van der Waals surface area contributed by atoms with Crippen molar-refractivity contribution in [2.75, 3.05) is 18.4 Å². The fraction of sp³-hybridized carbons (Fsp3) is 0.276. The molecule has 2 atom stereocenters. The fourth-order valence-electron chi connectivity index (χ4n) is 4.48. The first kappa shape index (κ1) is 25.0. The Morgan fingerprint density at radius 2 is 1.67 bits per heavy atom. The zero-order chi connectivity index (χ0) is 25.7. The van der Waals surface area contributed by atoms with E-state index in [2.05, 4.69) is 5.32 Å². The predicted octanol–water partition coefficient (Wildman–Crippen LogP) is 5.18. The maximum Gasteiger partial charge on any atom is 0.411 e. The number of amides is 3. The first-order chi connectivity index (χ1) is 17.4. The Morgan fingerprint density at radius 3 is 2.36 bits per heavy atom. The maximum atomic E-state index is 13.6. The number of cyclic esters (lactones) is 1. The Hall–Kier alpha value is -4.13. The molecule has 0 aliphatic carbocycles. The molecule has 3 aromatic rings. The number of hydrogen-bond acceptors (Lipinski definition) is 4. The van der Waals surface area contributed by atoms with Crippen LogP contribution in [0.15, 0.2) is 78.9 Å². The van der Waals surface area contributed by atoms with Crippen molar-refractivity contribution in [2.24, 2.45) is 0 Å². The second kappa shape index (κ2) is 11.1. The van der Waals surface area contributed by atoms with Crippen LogP contribution in [0.3, 0.4) is 0 Å². The van der Waals surface area contributed by atoms with Gasteiger partial charge in [0.25, 0.3) is 5.91 Å². The molecule has 1 aliphatic heterocycles. The summed E-state index contributed by atoms with van der Waals surface area (Å²) in [4.78, 5) is 42.6. The van der Waals surface area contributed by atoms with Gasteiger partial charge in [0.2, 0.25) is 5.91 Å². The molecule has 1 heterocycles. The lowest BCUT2D eigenvalue weighted by Gasteiger charge is -2.29. The van der Waals surface area contributed by atoms with Gasteiger partial charge in [-0.25, -0.2) is 4.79 Å². The number of benzene rings is 3. The number of aryl methyl sites for hydroxylation is 1. The SMILES string of the molecule is CCN(CC)C(=O)C1C(c2cccc(NC(=O)c3cccc(C)c3)c2)OC(=O)N1Cc1ccccc1. The van der Waals surface area contributed by atoms with E-state index >= 15 is 0 Å². The van der Waals surface area contributed by atoms with Gasteiger partial charge in [0.05, 0.1) is 6.54 Å². The molecule has 1 aliphatic rings. The second-order valence-corrected chi connectivity index (χ2v) is 8.82. The summed E-state index contributed by atoms with van der Waals surface area (Å²) in [5, 5.41) is 2.91. The van der Waals surface area contributed by atoms with Gasteiger partial charge in [-0.1, -0.05) is 60.2 Å². The molecular formula is C29H31N3O4. The molecule has 36 heavy (non-hydrogen) atoms. The van der Waals surface area contributed by atoms with E-state index in [0.717, 1.165) is 11.1 Å². The van der Waals surface area contributed by atoms with E-state index in [-0.39, 0.29) is 18.4 Å². The molecule has 7 nitrogen and oxygen atoms in total. The van der Waals surface area contributed by atoms with E-state index in [1.54, 1.807) is 29.2 Å². The summed E-state index contributed by atoms with van der Waals surface area (Å²) in [6, 6.07) is 23.2. The molecular weight excluding hydrogens is 454 g/mol. The van der Waals surface area contributed by atoms with Crippen molar-refractivity contribution in [1.82, 2.24) is 9.80 Å². The second-order valence-electron chi connectivity index (χ2n) is 8.82. The molecule has 3 aromatic carbocycles. The Labute approximate surface area is 211 Å². The van der Waals surface area contributed by atoms with Gasteiger partial charge in [-0.3, -0.25) is 14.5 Å². The van der Waals surface area contributed by atoms with Crippen molar-refractivity contribution in [1.29, 1.82) is 0 Å². The van der Waals surface area contributed by atoms with Gasteiger partial charge in [-0.05, 0) is 56.2 Å². The van der Waals surface area contributed by atoms with Gasteiger partial charge in [0.15, 0.2) is 12.1 Å². The summed E-state index contributed by atoms with van der Waals surface area (Å²) in [6.07, 6.45) is -1.34. The Kier molecular flexibility index (Phi) is 7.68. The van der Waals surface area contributed by atoms with E-state index in [0.29, 0.717) is 29.9 Å². The summed E-state index contributed by atoms with van der Waals surface area (Å²) in [5.41, 5.74) is 3.66. The highest BCUT2D eigenvalue weighted by Crippen LogP contribution is 2.36. The highest BCUT2D eigenvalue weighted by atomic mass is 16.6. The van der Waals surface area contributed by atoms with Crippen LogP contribution in [0.4, 0.5) is 10.5 Å². The van der Waals surface area contributed by atoms with E-state index in [9.17, 15) is 14.4 Å². The Bertz CT molecular complexity index is 1240. The molecule has 0 saturated carbocycles. The van der Waals surface area contributed by atoms with Crippen LogP contribution in [0.2, 0.25) is 0 Å². The highest BCUT2D eigenvalue weighted by Gasteiger charge is 2.48. The van der Waals surface area contributed by atoms with Crippen LogP contribution in [-0.2, 0) is 16.1 Å².